The summed E-state index contributed by atoms with van der Waals surface area (Å²) in [6.45, 7) is 2.05. The van der Waals surface area contributed by atoms with E-state index in [1.54, 1.807) is 0 Å². The van der Waals surface area contributed by atoms with Gasteiger partial charge in [0, 0.05) is 34.1 Å². The zero-order valence-corrected chi connectivity index (χ0v) is 25.2. The monoisotopic (exact) mass is 590 g/mol. The first-order valence-electron chi connectivity index (χ1n) is 15.0. The van der Waals surface area contributed by atoms with Crippen molar-refractivity contribution in [2.75, 3.05) is 16.0 Å². The smallest absolute Gasteiger partial charge is 0.0902 e. The molecule has 224 valence electrons. The van der Waals surface area contributed by atoms with Crippen LogP contribution in [0, 0.1) is 0 Å². The molecule has 8 N–H and O–H groups in total. The highest BCUT2D eigenvalue weighted by atomic mass is 15.3. The van der Waals surface area contributed by atoms with Gasteiger partial charge < -0.3 is 21.7 Å². The van der Waals surface area contributed by atoms with Gasteiger partial charge in [-0.15, -0.1) is 0 Å². The van der Waals surface area contributed by atoms with Crippen LogP contribution in [0.4, 0.5) is 34.1 Å². The summed E-state index contributed by atoms with van der Waals surface area (Å²) in [4.78, 5) is 0. The zero-order chi connectivity index (χ0) is 31.1. The second kappa shape index (κ2) is 13.1. The van der Waals surface area contributed by atoms with Gasteiger partial charge in [-0.2, -0.15) is 0 Å². The molecule has 0 bridgehead atoms. The first-order chi connectivity index (χ1) is 22.0. The molecule has 0 heterocycles. The first kappa shape index (κ1) is 29.7. The van der Waals surface area contributed by atoms with E-state index in [0.29, 0.717) is 0 Å². The third-order valence-corrected chi connectivity index (χ3v) is 8.41. The molecular weight excluding hydrogens is 552 g/mol. The van der Waals surface area contributed by atoms with Crippen LogP contribution in [0.3, 0.4) is 0 Å². The minimum atomic E-state index is -1.06. The number of benzene rings is 6. The van der Waals surface area contributed by atoms with Crippen molar-refractivity contribution >= 4 is 34.1 Å². The molecule has 0 fully saturated rings. The highest BCUT2D eigenvalue weighted by Gasteiger charge is 2.48. The van der Waals surface area contributed by atoms with Crippen molar-refractivity contribution in [1.82, 2.24) is 5.43 Å². The summed E-state index contributed by atoms with van der Waals surface area (Å²) in [6, 6.07) is 55.1. The Bertz CT molecular complexity index is 1710. The maximum atomic E-state index is 7.63. The molecule has 6 heteroatoms. The number of hydrogen-bond donors (Lipinski definition) is 6. The van der Waals surface area contributed by atoms with Gasteiger partial charge in [0.1, 0.15) is 0 Å². The number of anilines is 6. The molecule has 0 aromatic heterocycles. The van der Waals surface area contributed by atoms with Crippen LogP contribution < -0.4 is 33.0 Å². The fourth-order valence-electron chi connectivity index (χ4n) is 5.75. The maximum Gasteiger partial charge on any atom is 0.0902 e. The van der Waals surface area contributed by atoms with Crippen LogP contribution in [-0.4, -0.2) is 0 Å². The second-order valence-corrected chi connectivity index (χ2v) is 11.3. The van der Waals surface area contributed by atoms with Crippen LogP contribution in [0.5, 0.6) is 0 Å². The fourth-order valence-corrected chi connectivity index (χ4v) is 5.75. The molecule has 1 unspecified atom stereocenters. The maximum absolute atomic E-state index is 7.63. The summed E-state index contributed by atoms with van der Waals surface area (Å²) in [6.07, 6.45) is 0. The normalized spacial score (nSPS) is 12.6. The van der Waals surface area contributed by atoms with E-state index < -0.39 is 11.1 Å². The van der Waals surface area contributed by atoms with Gasteiger partial charge >= 0.3 is 0 Å². The molecule has 6 nitrogen and oxygen atoms in total. The van der Waals surface area contributed by atoms with Crippen molar-refractivity contribution in [2.24, 2.45) is 11.6 Å². The number of hydrogen-bond acceptors (Lipinski definition) is 6. The van der Waals surface area contributed by atoms with Crippen LogP contribution >= 0.6 is 0 Å². The van der Waals surface area contributed by atoms with Crippen molar-refractivity contribution in [3.63, 3.8) is 0 Å². The van der Waals surface area contributed by atoms with Gasteiger partial charge in [0.05, 0.1) is 11.1 Å². The Morgan fingerprint density at radius 1 is 0.378 bits per heavy atom. The lowest BCUT2D eigenvalue weighted by Crippen LogP contribution is -2.64. The molecule has 0 aliphatic heterocycles. The van der Waals surface area contributed by atoms with Gasteiger partial charge in [-0.1, -0.05) is 91.0 Å². The molecular formula is C39H38N6. The van der Waals surface area contributed by atoms with E-state index >= 15 is 0 Å². The van der Waals surface area contributed by atoms with E-state index in [9.17, 15) is 0 Å². The molecule has 0 aliphatic rings. The number of nitrogens with two attached hydrogens (primary N) is 2. The van der Waals surface area contributed by atoms with Gasteiger partial charge in [-0.05, 0) is 96.4 Å². The summed E-state index contributed by atoms with van der Waals surface area (Å²) < 4.78 is 0. The van der Waals surface area contributed by atoms with E-state index in [0.717, 1.165) is 50.8 Å². The molecule has 0 spiro atoms. The Hall–Kier alpha value is -5.40. The minimum absolute atomic E-state index is 0.902. The van der Waals surface area contributed by atoms with E-state index in [4.69, 9.17) is 11.6 Å². The fraction of sp³-hybridized carbons (Fsp3) is 0.0769. The Kier molecular flexibility index (Phi) is 8.62. The third-order valence-electron chi connectivity index (χ3n) is 8.41. The summed E-state index contributed by atoms with van der Waals surface area (Å²) >= 11 is 0. The second-order valence-electron chi connectivity index (χ2n) is 11.3. The van der Waals surface area contributed by atoms with Crippen LogP contribution in [0.25, 0.3) is 0 Å². The molecule has 1 atom stereocenters. The summed E-state index contributed by atoms with van der Waals surface area (Å²) in [5.41, 5.74) is 17.5. The predicted octanol–water partition coefficient (Wildman–Crippen LogP) is 8.50. The Labute approximate surface area is 265 Å². The lowest BCUT2D eigenvalue weighted by molar-refractivity contribution is 0.227. The van der Waals surface area contributed by atoms with Crippen molar-refractivity contribution < 1.29 is 0 Å². The number of para-hydroxylation sites is 3. The van der Waals surface area contributed by atoms with Crippen molar-refractivity contribution in [3.05, 3.63) is 180 Å². The molecule has 6 rings (SSSR count). The van der Waals surface area contributed by atoms with Crippen LogP contribution in [-0.2, 0) is 11.1 Å². The molecule has 0 amide bonds. The van der Waals surface area contributed by atoms with Gasteiger partial charge in [0.15, 0.2) is 0 Å². The number of rotatable bonds is 11. The van der Waals surface area contributed by atoms with Crippen molar-refractivity contribution in [2.45, 2.75) is 18.0 Å². The van der Waals surface area contributed by atoms with Gasteiger partial charge in [-0.3, -0.25) is 5.84 Å². The van der Waals surface area contributed by atoms with Crippen molar-refractivity contribution in [3.8, 4) is 0 Å². The van der Waals surface area contributed by atoms with E-state index in [2.05, 4.69) is 101 Å². The third kappa shape index (κ3) is 6.30. The summed E-state index contributed by atoms with van der Waals surface area (Å²) in [5.74, 6) is 6.46. The molecule has 0 aliphatic carbocycles. The van der Waals surface area contributed by atoms with Gasteiger partial charge in [0.25, 0.3) is 0 Å². The van der Waals surface area contributed by atoms with Crippen LogP contribution in [0.15, 0.2) is 164 Å². The molecule has 6 aromatic carbocycles. The van der Waals surface area contributed by atoms with Crippen LogP contribution in [0.1, 0.15) is 23.6 Å². The molecule has 6 aromatic rings. The van der Waals surface area contributed by atoms with E-state index in [1.807, 2.05) is 91.0 Å². The number of nitrogens with one attached hydrogen (secondary N) is 4. The van der Waals surface area contributed by atoms with Crippen LogP contribution in [0.2, 0.25) is 0 Å². The van der Waals surface area contributed by atoms with Crippen molar-refractivity contribution in [1.29, 1.82) is 0 Å². The topological polar surface area (TPSA) is 100 Å². The highest BCUT2D eigenvalue weighted by molar-refractivity contribution is 5.64. The van der Waals surface area contributed by atoms with Gasteiger partial charge in [0.2, 0.25) is 0 Å². The van der Waals surface area contributed by atoms with E-state index in [-0.39, 0.29) is 0 Å². The quantitative estimate of drug-likeness (QED) is 0.0669. The molecule has 0 radical (unpaired) electrons. The largest absolute Gasteiger partial charge is 0.356 e. The van der Waals surface area contributed by atoms with Gasteiger partial charge in [-0.25, -0.2) is 5.43 Å². The Morgan fingerprint density at radius 2 is 0.644 bits per heavy atom. The number of hydrazine groups is 1. The lowest BCUT2D eigenvalue weighted by atomic mass is 9.66. The predicted molar refractivity (Wildman–Crippen MR) is 188 cm³/mol. The Balaban J connectivity index is 1.37. The average molecular weight is 591 g/mol. The molecule has 0 saturated carbocycles. The first-order valence-corrected chi connectivity index (χ1v) is 15.0. The summed E-state index contributed by atoms with van der Waals surface area (Å²) in [7, 11) is 0. The molecule has 45 heavy (non-hydrogen) atoms. The summed E-state index contributed by atoms with van der Waals surface area (Å²) in [5, 5.41) is 10.4. The lowest BCUT2D eigenvalue weighted by Gasteiger charge is -2.47. The zero-order valence-electron chi connectivity index (χ0n) is 25.2. The molecule has 0 saturated heterocycles. The standard InChI is InChI=1S/C39H38N6/c1-38(45-41,29-17-23-35(24-18-29)42-32-11-5-2-6-12-32)39(40,30-19-25-36(26-20-30)43-33-13-7-3-8-14-33)31-21-27-37(28-22-31)44-34-15-9-4-10-16-34/h2-28,42-45H,40-41H2,1H3. The Morgan fingerprint density at radius 3 is 0.933 bits per heavy atom. The SMILES string of the molecule is CC(NN)(c1ccc(Nc2ccccc2)cc1)C(N)(c1ccc(Nc2ccccc2)cc1)c1ccc(Nc2ccccc2)cc1. The minimum Gasteiger partial charge on any atom is -0.356 e. The van der Waals surface area contributed by atoms with E-state index in [1.165, 1.54) is 0 Å². The average Bonchev–Trinajstić information content (AvgIpc) is 3.10. The highest BCUT2D eigenvalue weighted by Crippen LogP contribution is 2.44.